The predicted octanol–water partition coefficient (Wildman–Crippen LogP) is 4.33. The van der Waals surface area contributed by atoms with Gasteiger partial charge in [-0.2, -0.15) is 0 Å². The lowest BCUT2D eigenvalue weighted by molar-refractivity contribution is -0.117. The molecule has 140 valence electrons. The fraction of sp³-hybridized carbons (Fsp3) is 0.550. The average Bonchev–Trinajstić information content (AvgIpc) is 2.57. The maximum absolute atomic E-state index is 11.8. The Balaban J connectivity index is 2.73. The number of carbonyl (C=O) groups is 1. The number of nitrogens with one attached hydrogen (secondary N) is 1. The van der Waals surface area contributed by atoms with Crippen molar-refractivity contribution in [3.63, 3.8) is 0 Å². The molecule has 0 aliphatic rings. The number of benzene rings is 1. The van der Waals surface area contributed by atoms with Crippen LogP contribution in [0.4, 0.5) is 0 Å². The van der Waals surface area contributed by atoms with Gasteiger partial charge in [0.1, 0.15) is 0 Å². The third-order valence-electron chi connectivity index (χ3n) is 4.37. The van der Waals surface area contributed by atoms with E-state index >= 15 is 0 Å². The molecule has 1 aromatic carbocycles. The second-order valence-corrected chi connectivity index (χ2v) is 6.65. The van der Waals surface area contributed by atoms with Crippen LogP contribution in [0.5, 0.6) is 17.2 Å². The number of carbonyl (C=O) groups excluding carboxylic acids is 1. The summed E-state index contributed by atoms with van der Waals surface area (Å²) in [5.74, 6) is -1.48. The van der Waals surface area contributed by atoms with Gasteiger partial charge in [-0.15, -0.1) is 0 Å². The summed E-state index contributed by atoms with van der Waals surface area (Å²) >= 11 is 0. The minimum atomic E-state index is -0.520. The number of rotatable bonds is 11. The third-order valence-corrected chi connectivity index (χ3v) is 4.37. The second-order valence-electron chi connectivity index (χ2n) is 6.65. The maximum atomic E-state index is 11.8. The highest BCUT2D eigenvalue weighted by Crippen LogP contribution is 2.38. The summed E-state index contributed by atoms with van der Waals surface area (Å²) in [4.78, 5) is 11.8. The van der Waals surface area contributed by atoms with Gasteiger partial charge in [0.25, 0.3) is 0 Å². The lowest BCUT2D eigenvalue weighted by Gasteiger charge is -2.19. The molecule has 0 saturated heterocycles. The first-order chi connectivity index (χ1) is 11.9. The molecule has 1 amide bonds. The van der Waals surface area contributed by atoms with E-state index in [-0.39, 0.29) is 23.3 Å². The Bertz CT molecular complexity index is 560. The molecule has 1 aromatic rings. The van der Waals surface area contributed by atoms with Crippen LogP contribution in [-0.2, 0) is 4.79 Å². The van der Waals surface area contributed by atoms with Crippen molar-refractivity contribution in [1.29, 1.82) is 0 Å². The first kappa shape index (κ1) is 20.9. The molecule has 0 radical (unpaired) electrons. The zero-order valence-electron chi connectivity index (χ0n) is 15.3. The van der Waals surface area contributed by atoms with Gasteiger partial charge in [-0.3, -0.25) is 4.79 Å². The predicted molar refractivity (Wildman–Crippen MR) is 100.0 cm³/mol. The van der Waals surface area contributed by atoms with Crippen LogP contribution in [0.25, 0.3) is 0 Å². The Kier molecular flexibility index (Phi) is 8.89. The average molecular weight is 349 g/mol. The van der Waals surface area contributed by atoms with Crippen LogP contribution in [0.15, 0.2) is 24.3 Å². The molecule has 0 fully saturated rings. The van der Waals surface area contributed by atoms with Crippen molar-refractivity contribution in [1.82, 2.24) is 5.32 Å². The molecule has 1 rings (SSSR count). The van der Waals surface area contributed by atoms with Gasteiger partial charge in [-0.25, -0.2) is 0 Å². The summed E-state index contributed by atoms with van der Waals surface area (Å²) < 4.78 is 0. The number of phenols is 3. The fourth-order valence-corrected chi connectivity index (χ4v) is 2.79. The van der Waals surface area contributed by atoms with Gasteiger partial charge in [0.15, 0.2) is 17.2 Å². The van der Waals surface area contributed by atoms with Crippen molar-refractivity contribution >= 4 is 5.91 Å². The number of phenolic OH excluding ortho intramolecular Hbond substituents is 3. The molecule has 5 heteroatoms. The van der Waals surface area contributed by atoms with Crippen LogP contribution < -0.4 is 5.32 Å². The molecule has 0 bridgehead atoms. The number of unbranched alkanes of at least 4 members (excludes halogenated alkanes) is 5. The topological polar surface area (TPSA) is 89.8 Å². The molecule has 1 unspecified atom stereocenters. The van der Waals surface area contributed by atoms with Gasteiger partial charge < -0.3 is 20.6 Å². The molecule has 1 atom stereocenters. The summed E-state index contributed by atoms with van der Waals surface area (Å²) in [7, 11) is 0. The van der Waals surface area contributed by atoms with E-state index in [9.17, 15) is 20.1 Å². The maximum Gasteiger partial charge on any atom is 0.246 e. The van der Waals surface area contributed by atoms with Crippen LogP contribution in [0, 0.1) is 0 Å². The van der Waals surface area contributed by atoms with E-state index in [1.807, 2.05) is 0 Å². The number of amides is 1. The molecule has 0 aliphatic heterocycles. The SMILES string of the molecule is C=C(C)C(=O)NCC(CCCCCCCC)c1cc(O)c(O)c(O)c1. The highest BCUT2D eigenvalue weighted by molar-refractivity contribution is 5.92. The first-order valence-electron chi connectivity index (χ1n) is 9.05. The third kappa shape index (κ3) is 7.08. The van der Waals surface area contributed by atoms with Gasteiger partial charge in [0.05, 0.1) is 0 Å². The normalized spacial score (nSPS) is 11.9. The van der Waals surface area contributed by atoms with E-state index < -0.39 is 5.75 Å². The van der Waals surface area contributed by atoms with E-state index in [0.717, 1.165) is 19.3 Å². The molecule has 0 aromatic heterocycles. The summed E-state index contributed by atoms with van der Waals surface area (Å²) in [5, 5.41) is 31.9. The minimum Gasteiger partial charge on any atom is -0.504 e. The molecule has 0 spiro atoms. The van der Waals surface area contributed by atoms with Crippen LogP contribution in [0.1, 0.15) is 70.3 Å². The summed E-state index contributed by atoms with van der Waals surface area (Å²) in [6, 6.07) is 2.90. The van der Waals surface area contributed by atoms with E-state index in [0.29, 0.717) is 17.7 Å². The van der Waals surface area contributed by atoms with Gasteiger partial charge in [-0.05, 0) is 31.0 Å². The number of hydrogen-bond acceptors (Lipinski definition) is 4. The van der Waals surface area contributed by atoms with E-state index in [4.69, 9.17) is 0 Å². The Hall–Kier alpha value is -2.17. The fourth-order valence-electron chi connectivity index (χ4n) is 2.79. The minimum absolute atomic E-state index is 0.0492. The van der Waals surface area contributed by atoms with Gasteiger partial charge in [0.2, 0.25) is 5.91 Å². The van der Waals surface area contributed by atoms with Crippen LogP contribution in [-0.4, -0.2) is 27.8 Å². The smallest absolute Gasteiger partial charge is 0.246 e. The quantitative estimate of drug-likeness (QED) is 0.272. The molecular weight excluding hydrogens is 318 g/mol. The highest BCUT2D eigenvalue weighted by atomic mass is 16.3. The Labute approximate surface area is 150 Å². The molecule has 0 heterocycles. The van der Waals surface area contributed by atoms with Gasteiger partial charge in [-0.1, -0.05) is 52.0 Å². The van der Waals surface area contributed by atoms with Gasteiger partial charge in [0, 0.05) is 18.0 Å². The van der Waals surface area contributed by atoms with Crippen LogP contribution in [0.2, 0.25) is 0 Å². The Morgan fingerprint density at radius 2 is 1.64 bits per heavy atom. The summed E-state index contributed by atoms with van der Waals surface area (Å²) in [6.07, 6.45) is 7.81. The van der Waals surface area contributed by atoms with Crippen molar-refractivity contribution in [3.05, 3.63) is 29.8 Å². The lowest BCUT2D eigenvalue weighted by atomic mass is 9.92. The van der Waals surface area contributed by atoms with E-state index in [2.05, 4.69) is 18.8 Å². The van der Waals surface area contributed by atoms with Gasteiger partial charge >= 0.3 is 0 Å². The highest BCUT2D eigenvalue weighted by Gasteiger charge is 2.17. The molecule has 5 nitrogen and oxygen atoms in total. The molecule has 0 aliphatic carbocycles. The van der Waals surface area contributed by atoms with Crippen molar-refractivity contribution in [2.75, 3.05) is 6.54 Å². The second kappa shape index (κ2) is 10.6. The zero-order valence-corrected chi connectivity index (χ0v) is 15.3. The summed E-state index contributed by atoms with van der Waals surface area (Å²) in [6.45, 7) is 7.85. The standard InChI is InChI=1S/C20H31NO4/c1-4-5-6-7-8-9-10-15(13-21-20(25)14(2)3)16-11-17(22)19(24)18(23)12-16/h11-12,15,22-24H,2,4-10,13H2,1,3H3,(H,21,25). The number of hydrogen-bond donors (Lipinski definition) is 4. The monoisotopic (exact) mass is 349 g/mol. The summed E-state index contributed by atoms with van der Waals surface area (Å²) in [5.41, 5.74) is 1.14. The van der Waals surface area contributed by atoms with Crippen molar-refractivity contribution in [2.24, 2.45) is 0 Å². The lowest BCUT2D eigenvalue weighted by Crippen LogP contribution is -2.28. The zero-order chi connectivity index (χ0) is 18.8. The van der Waals surface area contributed by atoms with E-state index in [1.165, 1.54) is 37.8 Å². The van der Waals surface area contributed by atoms with Crippen LogP contribution in [0.3, 0.4) is 0 Å². The molecule has 0 saturated carbocycles. The number of aromatic hydroxyl groups is 3. The molecule has 25 heavy (non-hydrogen) atoms. The van der Waals surface area contributed by atoms with Crippen LogP contribution >= 0.6 is 0 Å². The largest absolute Gasteiger partial charge is 0.504 e. The van der Waals surface area contributed by atoms with E-state index in [1.54, 1.807) is 6.92 Å². The Morgan fingerprint density at radius 1 is 1.08 bits per heavy atom. The van der Waals surface area contributed by atoms with Crippen molar-refractivity contribution < 1.29 is 20.1 Å². The molecular formula is C20H31NO4. The Morgan fingerprint density at radius 3 is 2.20 bits per heavy atom. The molecule has 4 N–H and O–H groups in total. The van der Waals surface area contributed by atoms with Crippen molar-refractivity contribution in [2.45, 2.75) is 64.7 Å². The van der Waals surface area contributed by atoms with Crippen molar-refractivity contribution in [3.8, 4) is 17.2 Å². The first-order valence-corrected chi connectivity index (χ1v) is 9.05.